The first-order valence-corrected chi connectivity index (χ1v) is 8.35. The van der Waals surface area contributed by atoms with E-state index in [0.717, 1.165) is 50.3 Å². The van der Waals surface area contributed by atoms with Gasteiger partial charge in [-0.2, -0.15) is 4.98 Å². The van der Waals surface area contributed by atoms with Crippen LogP contribution in [0.3, 0.4) is 0 Å². The highest BCUT2D eigenvalue weighted by Crippen LogP contribution is 2.38. The highest BCUT2D eigenvalue weighted by Gasteiger charge is 2.29. The highest BCUT2D eigenvalue weighted by molar-refractivity contribution is 5.57. The van der Waals surface area contributed by atoms with E-state index in [1.807, 2.05) is 19.1 Å². The van der Waals surface area contributed by atoms with Crippen LogP contribution in [0.4, 0.5) is 15.8 Å². The van der Waals surface area contributed by atoms with Crippen molar-refractivity contribution in [3.63, 3.8) is 0 Å². The van der Waals surface area contributed by atoms with Gasteiger partial charge in [0.15, 0.2) is 5.82 Å². The third-order valence-electron chi connectivity index (χ3n) is 4.55. The predicted molar refractivity (Wildman–Crippen MR) is 86.2 cm³/mol. The molecule has 1 aromatic carbocycles. The molecule has 0 spiro atoms. The standard InChI is InChI=1S/C17H21FN4O/c1-11(17-20-16(21-23-17)12-4-5-12)19-13-6-7-15(14(18)10-13)22-8-2-3-9-22/h6-7,10-12,19H,2-5,8-9H2,1H3/t11-/m0/s1. The second-order valence-electron chi connectivity index (χ2n) is 6.49. The molecule has 6 heteroatoms. The fourth-order valence-corrected chi connectivity index (χ4v) is 3.05. The Labute approximate surface area is 134 Å². The molecular weight excluding hydrogens is 295 g/mol. The van der Waals surface area contributed by atoms with Crippen LogP contribution in [0.1, 0.15) is 56.3 Å². The van der Waals surface area contributed by atoms with Crippen LogP contribution in [0.25, 0.3) is 0 Å². The van der Waals surface area contributed by atoms with Crippen LogP contribution >= 0.6 is 0 Å². The lowest BCUT2D eigenvalue weighted by Crippen LogP contribution is -2.19. The van der Waals surface area contributed by atoms with Gasteiger partial charge in [0.1, 0.15) is 11.9 Å². The zero-order chi connectivity index (χ0) is 15.8. The van der Waals surface area contributed by atoms with Gasteiger partial charge in [-0.05, 0) is 50.8 Å². The zero-order valence-corrected chi connectivity index (χ0v) is 13.3. The summed E-state index contributed by atoms with van der Waals surface area (Å²) in [6.07, 6.45) is 4.56. The molecule has 0 bridgehead atoms. The van der Waals surface area contributed by atoms with Crippen molar-refractivity contribution in [2.45, 2.75) is 44.6 Å². The number of halogens is 1. The number of nitrogens with zero attached hydrogens (tertiary/aromatic N) is 3. The van der Waals surface area contributed by atoms with Crippen LogP contribution in [-0.4, -0.2) is 23.2 Å². The molecule has 2 fully saturated rings. The fraction of sp³-hybridized carbons (Fsp3) is 0.529. The molecule has 4 rings (SSSR count). The maximum absolute atomic E-state index is 14.3. The molecule has 1 aliphatic heterocycles. The van der Waals surface area contributed by atoms with Gasteiger partial charge in [-0.15, -0.1) is 0 Å². The van der Waals surface area contributed by atoms with Crippen molar-refractivity contribution in [3.8, 4) is 0 Å². The van der Waals surface area contributed by atoms with Crippen molar-refractivity contribution in [1.82, 2.24) is 10.1 Å². The first kappa shape index (κ1) is 14.5. The Hall–Kier alpha value is -2.11. The second kappa shape index (κ2) is 5.83. The van der Waals surface area contributed by atoms with E-state index in [0.29, 0.717) is 17.5 Å². The third-order valence-corrected chi connectivity index (χ3v) is 4.55. The maximum Gasteiger partial charge on any atom is 0.248 e. The van der Waals surface area contributed by atoms with E-state index in [9.17, 15) is 4.39 Å². The minimum absolute atomic E-state index is 0.146. The van der Waals surface area contributed by atoms with Crippen LogP contribution in [0.2, 0.25) is 0 Å². The van der Waals surface area contributed by atoms with Crippen LogP contribution < -0.4 is 10.2 Å². The summed E-state index contributed by atoms with van der Waals surface area (Å²) in [7, 11) is 0. The number of hydrogen-bond acceptors (Lipinski definition) is 5. The van der Waals surface area contributed by atoms with Crippen molar-refractivity contribution >= 4 is 11.4 Å². The molecule has 2 aliphatic rings. The Morgan fingerprint density at radius 2 is 2.09 bits per heavy atom. The molecule has 1 saturated carbocycles. The molecule has 0 unspecified atom stereocenters. The second-order valence-corrected chi connectivity index (χ2v) is 6.49. The summed E-state index contributed by atoms with van der Waals surface area (Å²) in [5, 5.41) is 7.25. The molecule has 1 atom stereocenters. The van der Waals surface area contributed by atoms with Gasteiger partial charge in [0.25, 0.3) is 0 Å². The van der Waals surface area contributed by atoms with Gasteiger partial charge >= 0.3 is 0 Å². The Bertz CT molecular complexity index is 692. The number of benzene rings is 1. The summed E-state index contributed by atoms with van der Waals surface area (Å²) in [4.78, 5) is 6.53. The molecule has 1 saturated heterocycles. The number of aromatic nitrogens is 2. The summed E-state index contributed by atoms with van der Waals surface area (Å²) >= 11 is 0. The fourth-order valence-electron chi connectivity index (χ4n) is 3.05. The topological polar surface area (TPSA) is 54.2 Å². The quantitative estimate of drug-likeness (QED) is 0.908. The SMILES string of the molecule is C[C@H](Nc1ccc(N2CCCC2)c(F)c1)c1nc(C2CC2)no1. The Morgan fingerprint density at radius 1 is 1.30 bits per heavy atom. The van der Waals surface area contributed by atoms with E-state index in [1.54, 1.807) is 6.07 Å². The van der Waals surface area contributed by atoms with Crippen LogP contribution in [0.15, 0.2) is 22.7 Å². The van der Waals surface area contributed by atoms with Crippen molar-refractivity contribution < 1.29 is 8.91 Å². The largest absolute Gasteiger partial charge is 0.374 e. The number of anilines is 2. The first-order chi connectivity index (χ1) is 11.2. The molecule has 0 amide bonds. The van der Waals surface area contributed by atoms with Gasteiger partial charge in [0.2, 0.25) is 5.89 Å². The monoisotopic (exact) mass is 316 g/mol. The third kappa shape index (κ3) is 3.02. The van der Waals surface area contributed by atoms with E-state index >= 15 is 0 Å². The Balaban J connectivity index is 1.45. The van der Waals surface area contributed by atoms with Crippen molar-refractivity contribution in [1.29, 1.82) is 0 Å². The Morgan fingerprint density at radius 3 is 2.78 bits per heavy atom. The van der Waals surface area contributed by atoms with E-state index in [2.05, 4.69) is 20.4 Å². The molecule has 1 aromatic heterocycles. The van der Waals surface area contributed by atoms with Crippen LogP contribution in [-0.2, 0) is 0 Å². The van der Waals surface area contributed by atoms with Crippen molar-refractivity contribution in [2.75, 3.05) is 23.3 Å². The molecule has 122 valence electrons. The van der Waals surface area contributed by atoms with E-state index in [4.69, 9.17) is 4.52 Å². The lowest BCUT2D eigenvalue weighted by atomic mass is 10.2. The van der Waals surface area contributed by atoms with Gasteiger partial charge in [-0.3, -0.25) is 0 Å². The first-order valence-electron chi connectivity index (χ1n) is 8.35. The average molecular weight is 316 g/mol. The summed E-state index contributed by atoms with van der Waals surface area (Å²) in [6, 6.07) is 5.15. The molecule has 1 aliphatic carbocycles. The Kier molecular flexibility index (Phi) is 3.67. The molecule has 0 radical (unpaired) electrons. The van der Waals surface area contributed by atoms with E-state index < -0.39 is 0 Å². The van der Waals surface area contributed by atoms with E-state index in [-0.39, 0.29) is 11.9 Å². The van der Waals surface area contributed by atoms with Gasteiger partial charge in [-0.25, -0.2) is 4.39 Å². The van der Waals surface area contributed by atoms with Gasteiger partial charge < -0.3 is 14.7 Å². The normalized spacial score (nSPS) is 19.1. The molecular formula is C17H21FN4O. The highest BCUT2D eigenvalue weighted by atomic mass is 19.1. The minimum Gasteiger partial charge on any atom is -0.374 e. The van der Waals surface area contributed by atoms with Gasteiger partial charge in [-0.1, -0.05) is 5.16 Å². The molecule has 23 heavy (non-hydrogen) atoms. The predicted octanol–water partition coefficient (Wildman–Crippen LogP) is 3.86. The van der Waals surface area contributed by atoms with Crippen molar-refractivity contribution in [3.05, 3.63) is 35.7 Å². The summed E-state index contributed by atoms with van der Waals surface area (Å²) in [5.41, 5.74) is 1.42. The van der Waals surface area contributed by atoms with Crippen LogP contribution in [0.5, 0.6) is 0 Å². The summed E-state index contributed by atoms with van der Waals surface area (Å²) in [5.74, 6) is 1.63. The summed E-state index contributed by atoms with van der Waals surface area (Å²) < 4.78 is 19.6. The molecule has 5 nitrogen and oxygen atoms in total. The minimum atomic E-state index is -0.187. The van der Waals surface area contributed by atoms with Crippen molar-refractivity contribution in [2.24, 2.45) is 0 Å². The average Bonchev–Trinajstić information content (AvgIpc) is 3.04. The van der Waals surface area contributed by atoms with Gasteiger partial charge in [0, 0.05) is 24.7 Å². The molecule has 1 N–H and O–H groups in total. The zero-order valence-electron chi connectivity index (χ0n) is 13.3. The number of rotatable bonds is 5. The van der Waals surface area contributed by atoms with Crippen LogP contribution in [0, 0.1) is 5.82 Å². The number of nitrogens with one attached hydrogen (secondary N) is 1. The lowest BCUT2D eigenvalue weighted by Gasteiger charge is -2.19. The van der Waals surface area contributed by atoms with Gasteiger partial charge in [0.05, 0.1) is 5.69 Å². The smallest absolute Gasteiger partial charge is 0.248 e. The van der Waals surface area contributed by atoms with E-state index in [1.165, 1.54) is 0 Å². The lowest BCUT2D eigenvalue weighted by molar-refractivity contribution is 0.363. The summed E-state index contributed by atoms with van der Waals surface area (Å²) in [6.45, 7) is 3.81. The maximum atomic E-state index is 14.3. The molecule has 2 aromatic rings. The molecule has 2 heterocycles. The number of hydrogen-bond donors (Lipinski definition) is 1.